The molecule has 0 saturated heterocycles. The van der Waals surface area contributed by atoms with Gasteiger partial charge in [0.25, 0.3) is 5.91 Å². The average molecular weight is 551 g/mol. The highest BCUT2D eigenvalue weighted by molar-refractivity contribution is 5.94. The van der Waals surface area contributed by atoms with Crippen LogP contribution in [0.2, 0.25) is 0 Å². The molecule has 0 fully saturated rings. The third kappa shape index (κ3) is 9.47. The Labute approximate surface area is 222 Å². The molecule has 4 N–H and O–H groups in total. The molecule has 3 rings (SSSR count). The number of fused-ring (bicyclic) bond motifs is 1. The van der Waals surface area contributed by atoms with Gasteiger partial charge in [0.2, 0.25) is 5.91 Å². The van der Waals surface area contributed by atoms with E-state index in [0.717, 1.165) is 12.1 Å². The van der Waals surface area contributed by atoms with Crippen LogP contribution in [-0.2, 0) is 11.2 Å². The topological polar surface area (TPSA) is 127 Å². The smallest absolute Gasteiger partial charge is 0.406 e. The minimum atomic E-state index is -4.90. The number of carbonyl (C=O) groups is 2. The quantitative estimate of drug-likeness (QED) is 0.290. The lowest BCUT2D eigenvalue weighted by atomic mass is 9.88. The zero-order valence-electron chi connectivity index (χ0n) is 21.4. The Balaban J connectivity index is 1.85. The highest BCUT2D eigenvalue weighted by atomic mass is 19.4. The lowest BCUT2D eigenvalue weighted by Gasteiger charge is -2.27. The maximum absolute atomic E-state index is 14.0. The van der Waals surface area contributed by atoms with Crippen molar-refractivity contribution < 1.29 is 37.0 Å². The number of rotatable bonds is 12. The van der Waals surface area contributed by atoms with Gasteiger partial charge >= 0.3 is 6.36 Å². The van der Waals surface area contributed by atoms with Crippen molar-refractivity contribution in [3.8, 4) is 5.75 Å². The zero-order valence-corrected chi connectivity index (χ0v) is 21.4. The number of alkyl halides is 4. The summed E-state index contributed by atoms with van der Waals surface area (Å²) in [6.07, 6.45) is -5.28. The number of nitrogens with two attached hydrogens (primary N) is 1. The molecule has 1 heterocycles. The minimum Gasteiger partial charge on any atom is -0.406 e. The van der Waals surface area contributed by atoms with Crippen molar-refractivity contribution in [1.29, 1.82) is 0 Å². The molecule has 1 aromatic heterocycles. The van der Waals surface area contributed by atoms with Gasteiger partial charge in [0, 0.05) is 5.92 Å². The molecule has 3 aromatic rings. The molecule has 0 aliphatic carbocycles. The third-order valence-electron chi connectivity index (χ3n) is 6.07. The number of carbonyl (C=O) groups excluding carboxylic acids is 2. The molecule has 210 valence electrons. The van der Waals surface area contributed by atoms with Crippen molar-refractivity contribution in [3.05, 3.63) is 66.0 Å². The van der Waals surface area contributed by atoms with E-state index in [-0.39, 0.29) is 31.4 Å². The predicted molar refractivity (Wildman–Crippen MR) is 135 cm³/mol. The first-order valence-electron chi connectivity index (χ1n) is 12.2. The molecule has 2 amide bonds. The average Bonchev–Trinajstić information content (AvgIpc) is 2.84. The maximum atomic E-state index is 14.0. The summed E-state index contributed by atoms with van der Waals surface area (Å²) < 4.78 is 56.1. The molecule has 0 aliphatic rings. The Hall–Kier alpha value is -3.80. The summed E-state index contributed by atoms with van der Waals surface area (Å²) in [5, 5.41) is 13.7. The van der Waals surface area contributed by atoms with Gasteiger partial charge in [-0.15, -0.1) is 13.2 Å². The summed E-state index contributed by atoms with van der Waals surface area (Å²) in [6, 6.07) is 10.9. The molecule has 39 heavy (non-hydrogen) atoms. The molecule has 12 heteroatoms. The van der Waals surface area contributed by atoms with Crippen LogP contribution in [0.1, 0.15) is 49.2 Å². The summed E-state index contributed by atoms with van der Waals surface area (Å²) >= 11 is 0. The number of amides is 2. The van der Waals surface area contributed by atoms with E-state index in [1.807, 2.05) is 0 Å². The van der Waals surface area contributed by atoms with Crippen LogP contribution < -0.4 is 15.8 Å². The van der Waals surface area contributed by atoms with Gasteiger partial charge in [0.05, 0.1) is 29.4 Å². The number of hydrogen-bond acceptors (Lipinski definition) is 6. The first kappa shape index (κ1) is 29.8. The van der Waals surface area contributed by atoms with Crippen LogP contribution in [0.25, 0.3) is 11.0 Å². The van der Waals surface area contributed by atoms with Gasteiger partial charge in [0.15, 0.2) is 0 Å². The molecule has 3 unspecified atom stereocenters. The van der Waals surface area contributed by atoms with Crippen LogP contribution in [0.5, 0.6) is 5.75 Å². The van der Waals surface area contributed by atoms with Gasteiger partial charge in [0.1, 0.15) is 17.1 Å². The number of nitrogens with zero attached hydrogens (tertiary/aromatic N) is 2. The van der Waals surface area contributed by atoms with Gasteiger partial charge in [-0.25, -0.2) is 9.37 Å². The van der Waals surface area contributed by atoms with E-state index in [9.17, 15) is 32.3 Å². The van der Waals surface area contributed by atoms with Gasteiger partial charge in [-0.3, -0.25) is 14.6 Å². The highest BCUT2D eigenvalue weighted by Crippen LogP contribution is 2.26. The van der Waals surface area contributed by atoms with Crippen LogP contribution >= 0.6 is 0 Å². The van der Waals surface area contributed by atoms with Crippen molar-refractivity contribution in [1.82, 2.24) is 15.3 Å². The molecule has 0 bridgehead atoms. The van der Waals surface area contributed by atoms with Crippen molar-refractivity contribution in [3.63, 3.8) is 0 Å². The molecule has 0 spiro atoms. The molecule has 8 nitrogen and oxygen atoms in total. The number of para-hydroxylation sites is 2. The third-order valence-corrected chi connectivity index (χ3v) is 6.07. The van der Waals surface area contributed by atoms with E-state index in [1.165, 1.54) is 32.2 Å². The van der Waals surface area contributed by atoms with Gasteiger partial charge in [-0.1, -0.05) is 24.3 Å². The predicted octanol–water partition coefficient (Wildman–Crippen LogP) is 4.25. The standard InChI is InChI=1S/C27H30F4N4O4/c1-26(2,28)11-10-17(24(32)37)14-23(36)21(13-16-6-5-7-18(12-16)39-27(29,30)31)35-25(38)22-15-33-19-8-3-4-9-20(19)34-22/h3-9,12,15,17,21,23,36H,10-11,13-14H2,1-2H3,(H2,32,37)(H,35,38). The van der Waals surface area contributed by atoms with E-state index in [2.05, 4.69) is 20.0 Å². The SMILES string of the molecule is CC(C)(F)CCC(CC(O)C(Cc1cccc(OC(F)(F)F)c1)NC(=O)c1cnc2ccccc2n1)C(N)=O. The second kappa shape index (κ2) is 12.4. The molecule has 0 saturated carbocycles. The van der Waals surface area contributed by atoms with E-state index < -0.39 is 47.7 Å². The number of hydrogen-bond donors (Lipinski definition) is 3. The normalized spacial score (nSPS) is 14.4. The molecule has 3 atom stereocenters. The molecular weight excluding hydrogens is 520 g/mol. The summed E-state index contributed by atoms with van der Waals surface area (Å²) in [4.78, 5) is 33.6. The van der Waals surface area contributed by atoms with Gasteiger partial charge in [-0.05, 0) is 69.4 Å². The van der Waals surface area contributed by atoms with Crippen LogP contribution in [-0.4, -0.2) is 51.1 Å². The van der Waals surface area contributed by atoms with Gasteiger partial charge in [-0.2, -0.15) is 0 Å². The fourth-order valence-corrected chi connectivity index (χ4v) is 4.07. The Morgan fingerprint density at radius 2 is 1.77 bits per heavy atom. The second-order valence-electron chi connectivity index (χ2n) is 9.88. The maximum Gasteiger partial charge on any atom is 0.573 e. The van der Waals surface area contributed by atoms with Crippen LogP contribution in [0.4, 0.5) is 17.6 Å². The summed E-state index contributed by atoms with van der Waals surface area (Å²) in [5.74, 6) is -2.82. The Kier molecular flexibility index (Phi) is 9.44. The number of aliphatic hydroxyl groups excluding tert-OH is 1. The Morgan fingerprint density at radius 3 is 2.41 bits per heavy atom. The van der Waals surface area contributed by atoms with E-state index in [0.29, 0.717) is 16.6 Å². The molecule has 0 aliphatic heterocycles. The number of benzene rings is 2. The van der Waals surface area contributed by atoms with Crippen LogP contribution in [0, 0.1) is 5.92 Å². The summed E-state index contributed by atoms with van der Waals surface area (Å²) in [5.41, 5.74) is 5.20. The van der Waals surface area contributed by atoms with Crippen LogP contribution in [0.15, 0.2) is 54.7 Å². The Morgan fingerprint density at radius 1 is 1.08 bits per heavy atom. The Bertz CT molecular complexity index is 1300. The summed E-state index contributed by atoms with van der Waals surface area (Å²) in [7, 11) is 0. The summed E-state index contributed by atoms with van der Waals surface area (Å²) in [6.45, 7) is 2.70. The van der Waals surface area contributed by atoms with E-state index >= 15 is 0 Å². The number of ether oxygens (including phenoxy) is 1. The largest absolute Gasteiger partial charge is 0.573 e. The first-order valence-corrected chi connectivity index (χ1v) is 12.2. The van der Waals surface area contributed by atoms with E-state index in [4.69, 9.17) is 5.73 Å². The second-order valence-corrected chi connectivity index (χ2v) is 9.88. The number of aromatic nitrogens is 2. The number of nitrogens with one attached hydrogen (secondary N) is 1. The minimum absolute atomic E-state index is 0.00780. The fraction of sp³-hybridized carbons (Fsp3) is 0.407. The molecular formula is C27H30F4N4O4. The monoisotopic (exact) mass is 550 g/mol. The van der Waals surface area contributed by atoms with Crippen molar-refractivity contribution >= 4 is 22.8 Å². The van der Waals surface area contributed by atoms with E-state index in [1.54, 1.807) is 24.3 Å². The fourth-order valence-electron chi connectivity index (χ4n) is 4.07. The lowest BCUT2D eigenvalue weighted by molar-refractivity contribution is -0.274. The number of primary amides is 1. The van der Waals surface area contributed by atoms with Crippen LogP contribution in [0.3, 0.4) is 0 Å². The first-order chi connectivity index (χ1) is 18.2. The lowest BCUT2D eigenvalue weighted by Crippen LogP contribution is -2.46. The number of aliphatic hydroxyl groups is 1. The zero-order chi connectivity index (χ0) is 28.8. The molecule has 2 aromatic carbocycles. The highest BCUT2D eigenvalue weighted by Gasteiger charge is 2.32. The van der Waals surface area contributed by atoms with Crippen molar-refractivity contribution in [2.45, 2.75) is 63.7 Å². The number of halogens is 4. The molecule has 0 radical (unpaired) electrons. The van der Waals surface area contributed by atoms with Crippen molar-refractivity contribution in [2.24, 2.45) is 11.7 Å². The van der Waals surface area contributed by atoms with Gasteiger partial charge < -0.3 is 20.9 Å². The van der Waals surface area contributed by atoms with Crippen molar-refractivity contribution in [2.75, 3.05) is 0 Å².